The Bertz CT molecular complexity index is 1730. The van der Waals surface area contributed by atoms with Crippen LogP contribution in [0.25, 0.3) is 33.4 Å². The Kier molecular flexibility index (Phi) is 6.18. The Morgan fingerprint density at radius 3 is 2.62 bits per heavy atom. The van der Waals surface area contributed by atoms with Gasteiger partial charge in [-0.25, -0.2) is 9.97 Å². The monoisotopic (exact) mass is 532 g/mol. The number of aryl methyl sites for hydroxylation is 1. The number of amides is 1. The molecule has 8 nitrogen and oxygen atoms in total. The second-order valence-corrected chi connectivity index (χ2v) is 10.5. The average Bonchev–Trinajstić information content (AvgIpc) is 3.50. The summed E-state index contributed by atoms with van der Waals surface area (Å²) in [6.07, 6.45) is 7.99. The van der Waals surface area contributed by atoms with Gasteiger partial charge in [-0.15, -0.1) is 0 Å². The normalized spacial score (nSPS) is 17.9. The molecule has 2 aliphatic rings. The maximum atomic E-state index is 12.1. The molecule has 8 heteroatoms. The van der Waals surface area contributed by atoms with E-state index < -0.39 is 0 Å². The molecule has 1 unspecified atom stereocenters. The van der Waals surface area contributed by atoms with E-state index >= 15 is 0 Å². The van der Waals surface area contributed by atoms with Crippen molar-refractivity contribution in [3.63, 3.8) is 0 Å². The number of ether oxygens (including phenoxy) is 1. The van der Waals surface area contributed by atoms with Crippen LogP contribution in [0.15, 0.2) is 84.9 Å². The number of carbonyl (C=O) groups is 1. The highest BCUT2D eigenvalue weighted by Gasteiger charge is 2.32. The summed E-state index contributed by atoms with van der Waals surface area (Å²) < 4.78 is 8.31. The lowest BCUT2D eigenvalue weighted by Crippen LogP contribution is -2.31. The van der Waals surface area contributed by atoms with Crippen LogP contribution in [0.4, 0.5) is 11.5 Å². The van der Waals surface area contributed by atoms with Crippen molar-refractivity contribution in [2.45, 2.75) is 25.8 Å². The van der Waals surface area contributed by atoms with Crippen LogP contribution in [0.3, 0.4) is 0 Å². The molecule has 202 valence electrons. The lowest BCUT2D eigenvalue weighted by atomic mass is 9.91. The van der Waals surface area contributed by atoms with Crippen LogP contribution in [0.5, 0.6) is 5.75 Å². The minimum atomic E-state index is -0.210. The third-order valence-corrected chi connectivity index (χ3v) is 7.92. The van der Waals surface area contributed by atoms with E-state index in [0.29, 0.717) is 29.7 Å². The van der Waals surface area contributed by atoms with Crippen LogP contribution in [-0.4, -0.2) is 45.0 Å². The summed E-state index contributed by atoms with van der Waals surface area (Å²) >= 11 is 0. The topological polar surface area (TPSA) is 98.3 Å². The van der Waals surface area contributed by atoms with Crippen molar-refractivity contribution in [3.05, 3.63) is 90.4 Å². The number of allylic oxidation sites excluding steroid dienone is 2. The fourth-order valence-electron chi connectivity index (χ4n) is 5.61. The Morgan fingerprint density at radius 2 is 1.88 bits per heavy atom. The molecule has 2 aromatic heterocycles. The molecule has 0 bridgehead atoms. The van der Waals surface area contributed by atoms with E-state index in [1.54, 1.807) is 6.92 Å². The number of nitrogens with zero attached hydrogens (tertiary/aromatic N) is 4. The van der Waals surface area contributed by atoms with Crippen LogP contribution < -0.4 is 15.8 Å². The van der Waals surface area contributed by atoms with Gasteiger partial charge < -0.3 is 25.3 Å². The van der Waals surface area contributed by atoms with E-state index in [0.717, 1.165) is 39.2 Å². The first-order chi connectivity index (χ1) is 19.2. The maximum absolute atomic E-state index is 12.1. The number of benzene rings is 2. The molecule has 3 N–H and O–H groups in total. The van der Waals surface area contributed by atoms with E-state index in [-0.39, 0.29) is 11.8 Å². The van der Waals surface area contributed by atoms with Gasteiger partial charge >= 0.3 is 0 Å². The molecule has 0 saturated carbocycles. The smallest absolute Gasteiger partial charge is 0.250 e. The lowest BCUT2D eigenvalue weighted by Gasteiger charge is -2.32. The van der Waals surface area contributed by atoms with Gasteiger partial charge in [0, 0.05) is 48.2 Å². The average molecular weight is 533 g/mol. The Balaban J connectivity index is 1.45. The molecule has 2 aromatic carbocycles. The summed E-state index contributed by atoms with van der Waals surface area (Å²) in [4.78, 5) is 23.3. The number of aromatic nitrogens is 3. The standard InChI is InChI=1S/C32H32N6O2/c1-18(2)32(39)36-22-12-9-20(10-13-22)29-27(28-30(33)34-17-35-31(28)38(29)5)21-11-14-23-24(16-40-26(23)15-21)25-8-6-7-19(3)37(25)4/h6-15,17,19,24H,1,16H2,2-5H3,(H,36,39)(H2,33,34,35)/t19?,24-/m0/s1. The van der Waals surface area contributed by atoms with Crippen LogP contribution in [-0.2, 0) is 11.8 Å². The third-order valence-electron chi connectivity index (χ3n) is 7.92. The molecule has 1 amide bonds. The van der Waals surface area contributed by atoms with Gasteiger partial charge in [0.15, 0.2) is 0 Å². The molecule has 0 saturated heterocycles. The minimum absolute atomic E-state index is 0.170. The highest BCUT2D eigenvalue weighted by molar-refractivity contribution is 6.08. The predicted octanol–water partition coefficient (Wildman–Crippen LogP) is 5.65. The van der Waals surface area contributed by atoms with Crippen molar-refractivity contribution < 1.29 is 9.53 Å². The van der Waals surface area contributed by atoms with E-state index in [1.807, 2.05) is 35.9 Å². The minimum Gasteiger partial charge on any atom is -0.492 e. The molecule has 4 heterocycles. The number of anilines is 2. The molecular formula is C32H32N6O2. The molecule has 2 aliphatic heterocycles. The van der Waals surface area contributed by atoms with Crippen molar-refractivity contribution in [2.24, 2.45) is 7.05 Å². The zero-order valence-corrected chi connectivity index (χ0v) is 23.1. The molecular weight excluding hydrogens is 500 g/mol. The molecule has 0 fully saturated rings. The fourth-order valence-corrected chi connectivity index (χ4v) is 5.61. The highest BCUT2D eigenvalue weighted by atomic mass is 16.5. The van der Waals surface area contributed by atoms with Crippen LogP contribution in [0.1, 0.15) is 25.3 Å². The zero-order valence-electron chi connectivity index (χ0n) is 23.1. The lowest BCUT2D eigenvalue weighted by molar-refractivity contribution is -0.112. The molecule has 6 rings (SSSR count). The van der Waals surface area contributed by atoms with Gasteiger partial charge in [-0.1, -0.05) is 43.0 Å². The van der Waals surface area contributed by atoms with E-state index in [1.165, 1.54) is 17.6 Å². The highest BCUT2D eigenvalue weighted by Crippen LogP contribution is 2.46. The van der Waals surface area contributed by atoms with Crippen molar-refractivity contribution in [1.29, 1.82) is 0 Å². The SMILES string of the molecule is C=C(C)C(=O)Nc1ccc(-c2c(-c3ccc4c(c3)OC[C@@H]4C3=CC=CC(C)N3C)c3c(N)ncnc3n2C)cc1. The summed E-state index contributed by atoms with van der Waals surface area (Å²) in [6, 6.07) is 14.5. The van der Waals surface area contributed by atoms with Crippen molar-refractivity contribution >= 4 is 28.4 Å². The number of hydrogen-bond acceptors (Lipinski definition) is 6. The van der Waals surface area contributed by atoms with Gasteiger partial charge in [0.25, 0.3) is 5.91 Å². The summed E-state index contributed by atoms with van der Waals surface area (Å²) in [5, 5.41) is 3.66. The molecule has 0 aliphatic carbocycles. The van der Waals surface area contributed by atoms with E-state index in [4.69, 9.17) is 10.5 Å². The number of likely N-dealkylation sites (N-methyl/N-ethyl adjacent to an activating group) is 1. The molecule has 40 heavy (non-hydrogen) atoms. The number of carbonyl (C=O) groups excluding carboxylic acids is 1. The summed E-state index contributed by atoms with van der Waals surface area (Å²) in [6.45, 7) is 8.18. The van der Waals surface area contributed by atoms with Gasteiger partial charge in [-0.05, 0) is 49.2 Å². The summed E-state index contributed by atoms with van der Waals surface area (Å²) in [5.74, 6) is 1.25. The summed E-state index contributed by atoms with van der Waals surface area (Å²) in [7, 11) is 4.11. The van der Waals surface area contributed by atoms with Crippen LogP contribution in [0.2, 0.25) is 0 Å². The Hall–Kier alpha value is -4.85. The number of nitrogens with one attached hydrogen (secondary N) is 1. The Morgan fingerprint density at radius 1 is 1.12 bits per heavy atom. The molecule has 2 atom stereocenters. The third kappa shape index (κ3) is 4.12. The van der Waals surface area contributed by atoms with Gasteiger partial charge in [0.2, 0.25) is 0 Å². The number of hydrogen-bond donors (Lipinski definition) is 2. The number of nitrogen functional groups attached to an aromatic ring is 1. The Labute approximate surface area is 233 Å². The maximum Gasteiger partial charge on any atom is 0.250 e. The largest absolute Gasteiger partial charge is 0.492 e. The zero-order chi connectivity index (χ0) is 28.1. The first kappa shape index (κ1) is 25.4. The van der Waals surface area contributed by atoms with Crippen LogP contribution in [0, 0.1) is 0 Å². The van der Waals surface area contributed by atoms with Crippen LogP contribution >= 0.6 is 0 Å². The second kappa shape index (κ2) is 9.72. The first-order valence-electron chi connectivity index (χ1n) is 13.3. The van der Waals surface area contributed by atoms with Crippen molar-refractivity contribution in [3.8, 4) is 28.1 Å². The van der Waals surface area contributed by atoms with E-state index in [2.05, 4.69) is 77.2 Å². The number of rotatable bonds is 5. The van der Waals surface area contributed by atoms with Crippen molar-refractivity contribution in [2.75, 3.05) is 24.7 Å². The predicted molar refractivity (Wildman–Crippen MR) is 160 cm³/mol. The summed E-state index contributed by atoms with van der Waals surface area (Å²) in [5.41, 5.74) is 14.6. The molecule has 0 spiro atoms. The van der Waals surface area contributed by atoms with E-state index in [9.17, 15) is 4.79 Å². The quantitative estimate of drug-likeness (QED) is 0.323. The van der Waals surface area contributed by atoms with Gasteiger partial charge in [-0.2, -0.15) is 0 Å². The number of nitrogens with two attached hydrogens (primary N) is 1. The van der Waals surface area contributed by atoms with Gasteiger partial charge in [0.05, 0.1) is 17.0 Å². The van der Waals surface area contributed by atoms with Gasteiger partial charge in [0.1, 0.15) is 30.1 Å². The number of fused-ring (bicyclic) bond motifs is 2. The molecule has 0 radical (unpaired) electrons. The fraction of sp³-hybridized carbons (Fsp3) is 0.219. The second-order valence-electron chi connectivity index (χ2n) is 10.5. The van der Waals surface area contributed by atoms with Crippen molar-refractivity contribution in [1.82, 2.24) is 19.4 Å². The first-order valence-corrected chi connectivity index (χ1v) is 13.3. The molecule has 4 aromatic rings. The van der Waals surface area contributed by atoms with Gasteiger partial charge in [-0.3, -0.25) is 4.79 Å².